The molecule has 0 amide bonds. The fourth-order valence-electron chi connectivity index (χ4n) is 6.35. The van der Waals surface area contributed by atoms with Crippen LogP contribution in [0.25, 0.3) is 0 Å². The van der Waals surface area contributed by atoms with Gasteiger partial charge in [0.15, 0.2) is 6.10 Å². The van der Waals surface area contributed by atoms with Gasteiger partial charge in [-0.3, -0.25) is 18.6 Å². The summed E-state index contributed by atoms with van der Waals surface area (Å²) in [4.78, 5) is 34.9. The molecule has 0 aliphatic rings. The molecular formula is C46H86NO8P. The number of esters is 2. The van der Waals surface area contributed by atoms with Gasteiger partial charge in [0.05, 0.1) is 13.2 Å². The largest absolute Gasteiger partial charge is 0.472 e. The fourth-order valence-corrected chi connectivity index (χ4v) is 7.11. The monoisotopic (exact) mass is 812 g/mol. The smallest absolute Gasteiger partial charge is 0.462 e. The van der Waals surface area contributed by atoms with Crippen LogP contribution in [-0.4, -0.2) is 49.3 Å². The molecule has 56 heavy (non-hydrogen) atoms. The maximum absolute atomic E-state index is 12.6. The van der Waals surface area contributed by atoms with Crippen LogP contribution in [0.5, 0.6) is 0 Å². The molecule has 0 aromatic rings. The minimum atomic E-state index is -4.38. The van der Waals surface area contributed by atoms with Crippen LogP contribution in [0.3, 0.4) is 0 Å². The van der Waals surface area contributed by atoms with Gasteiger partial charge in [-0.25, -0.2) is 4.57 Å². The first-order valence-corrected chi connectivity index (χ1v) is 24.5. The molecule has 0 spiro atoms. The topological polar surface area (TPSA) is 134 Å². The Morgan fingerprint density at radius 1 is 0.536 bits per heavy atom. The van der Waals surface area contributed by atoms with E-state index in [9.17, 15) is 19.0 Å². The number of nitrogens with two attached hydrogens (primary N) is 1. The van der Waals surface area contributed by atoms with E-state index in [1.807, 2.05) is 0 Å². The number of ether oxygens (including phenoxy) is 2. The third-order valence-corrected chi connectivity index (χ3v) is 10.8. The maximum Gasteiger partial charge on any atom is 0.472 e. The molecule has 0 saturated heterocycles. The first-order valence-electron chi connectivity index (χ1n) is 23.0. The number of carbonyl (C=O) groups excluding carboxylic acids is 2. The van der Waals surface area contributed by atoms with Crippen LogP contribution in [0.4, 0.5) is 0 Å². The van der Waals surface area contributed by atoms with Crippen molar-refractivity contribution < 1.29 is 37.6 Å². The minimum absolute atomic E-state index is 0.0490. The summed E-state index contributed by atoms with van der Waals surface area (Å²) in [6.45, 7) is 3.68. The summed E-state index contributed by atoms with van der Waals surface area (Å²) in [5, 5.41) is 0. The minimum Gasteiger partial charge on any atom is -0.462 e. The van der Waals surface area contributed by atoms with E-state index >= 15 is 0 Å². The highest BCUT2D eigenvalue weighted by Gasteiger charge is 2.26. The Morgan fingerprint density at radius 2 is 0.929 bits per heavy atom. The average molecular weight is 812 g/mol. The van der Waals surface area contributed by atoms with Gasteiger partial charge < -0.3 is 20.1 Å². The first kappa shape index (κ1) is 54.2. The van der Waals surface area contributed by atoms with E-state index < -0.39 is 32.5 Å². The zero-order valence-corrected chi connectivity index (χ0v) is 37.0. The molecule has 0 rings (SSSR count). The van der Waals surface area contributed by atoms with Crippen molar-refractivity contribution in [1.29, 1.82) is 0 Å². The van der Waals surface area contributed by atoms with Crippen LogP contribution in [0.15, 0.2) is 36.5 Å². The van der Waals surface area contributed by atoms with Gasteiger partial charge in [-0.1, -0.05) is 185 Å². The molecule has 0 aliphatic carbocycles. The third kappa shape index (κ3) is 41.9. The second-order valence-electron chi connectivity index (χ2n) is 15.3. The molecular weight excluding hydrogens is 725 g/mol. The molecule has 0 bridgehead atoms. The second kappa shape index (κ2) is 42.8. The molecule has 1 unspecified atom stereocenters. The predicted octanol–water partition coefficient (Wildman–Crippen LogP) is 13.3. The van der Waals surface area contributed by atoms with Crippen molar-refractivity contribution in [2.24, 2.45) is 5.73 Å². The Balaban J connectivity index is 4.13. The van der Waals surface area contributed by atoms with Crippen LogP contribution in [0.2, 0.25) is 0 Å². The standard InChI is InChI=1S/C46H86NO8P/c1-3-5-7-9-11-13-15-17-19-20-21-22-23-25-27-29-31-33-35-37-39-46(49)55-44(43-54-56(50,51)53-41-40-47)42-52-45(48)38-36-34-32-30-28-26-24-18-16-14-12-10-8-6-4-2/h12,14,18,24,28,30,44H,3-11,13,15-17,19-23,25-27,29,31-43,47H2,1-2H3,(H,50,51)/b14-12+,24-18+,30-28+/t44-/m1/s1. The lowest BCUT2D eigenvalue weighted by atomic mass is 10.0. The summed E-state index contributed by atoms with van der Waals surface area (Å²) >= 11 is 0. The first-order chi connectivity index (χ1) is 27.3. The van der Waals surface area contributed by atoms with Crippen LogP contribution in [0.1, 0.15) is 213 Å². The maximum atomic E-state index is 12.6. The Bertz CT molecular complexity index is 1020. The number of hydrogen-bond donors (Lipinski definition) is 2. The van der Waals surface area contributed by atoms with Crippen LogP contribution in [-0.2, 0) is 32.7 Å². The zero-order chi connectivity index (χ0) is 41.1. The number of carbonyl (C=O) groups is 2. The van der Waals surface area contributed by atoms with Gasteiger partial charge >= 0.3 is 19.8 Å². The van der Waals surface area contributed by atoms with E-state index in [1.54, 1.807) is 0 Å². The van der Waals surface area contributed by atoms with E-state index in [4.69, 9.17) is 24.3 Å². The van der Waals surface area contributed by atoms with E-state index in [0.29, 0.717) is 12.8 Å². The van der Waals surface area contributed by atoms with Crippen molar-refractivity contribution in [2.45, 2.75) is 219 Å². The Kier molecular flexibility index (Phi) is 41.5. The van der Waals surface area contributed by atoms with Crippen LogP contribution < -0.4 is 5.73 Å². The summed E-state index contributed by atoms with van der Waals surface area (Å²) < 4.78 is 32.8. The number of hydrogen-bond acceptors (Lipinski definition) is 8. The number of rotatable bonds is 43. The molecule has 3 N–H and O–H groups in total. The van der Waals surface area contributed by atoms with Gasteiger partial charge in [0.25, 0.3) is 0 Å². The Morgan fingerprint density at radius 3 is 1.41 bits per heavy atom. The van der Waals surface area contributed by atoms with E-state index in [2.05, 4.69) is 50.3 Å². The average Bonchev–Trinajstić information content (AvgIpc) is 3.18. The predicted molar refractivity (Wildman–Crippen MR) is 234 cm³/mol. The van der Waals surface area contributed by atoms with Gasteiger partial charge in [-0.15, -0.1) is 0 Å². The fraction of sp³-hybridized carbons (Fsp3) is 0.826. The van der Waals surface area contributed by atoms with Crippen molar-refractivity contribution >= 4 is 19.8 Å². The molecule has 0 aromatic carbocycles. The molecule has 9 nitrogen and oxygen atoms in total. The molecule has 0 aliphatic heterocycles. The van der Waals surface area contributed by atoms with Crippen molar-refractivity contribution in [3.05, 3.63) is 36.5 Å². The lowest BCUT2D eigenvalue weighted by molar-refractivity contribution is -0.161. The summed E-state index contributed by atoms with van der Waals surface area (Å²) in [7, 11) is -4.38. The molecule has 10 heteroatoms. The highest BCUT2D eigenvalue weighted by atomic mass is 31.2. The lowest BCUT2D eigenvalue weighted by Gasteiger charge is -2.19. The van der Waals surface area contributed by atoms with E-state index in [1.165, 1.54) is 128 Å². The zero-order valence-electron chi connectivity index (χ0n) is 36.1. The Labute approximate surface area is 344 Å². The normalized spacial score (nSPS) is 13.6. The Hall–Kier alpha value is -1.77. The van der Waals surface area contributed by atoms with Crippen molar-refractivity contribution in [1.82, 2.24) is 0 Å². The molecule has 0 fully saturated rings. The molecule has 328 valence electrons. The van der Waals surface area contributed by atoms with Gasteiger partial charge in [0, 0.05) is 19.4 Å². The molecule has 0 radical (unpaired) electrons. The van der Waals surface area contributed by atoms with E-state index in [-0.39, 0.29) is 32.6 Å². The number of unbranched alkanes of at least 4 members (excludes halogenated alkanes) is 24. The molecule has 0 saturated carbocycles. The molecule has 0 aromatic heterocycles. The highest BCUT2D eigenvalue weighted by Crippen LogP contribution is 2.43. The summed E-state index contributed by atoms with van der Waals surface area (Å²) in [6.07, 6.45) is 47.5. The van der Waals surface area contributed by atoms with Gasteiger partial charge in [0.2, 0.25) is 0 Å². The number of phosphoric ester groups is 1. The van der Waals surface area contributed by atoms with Gasteiger partial charge in [-0.2, -0.15) is 0 Å². The van der Waals surface area contributed by atoms with Gasteiger partial charge in [-0.05, 0) is 51.4 Å². The van der Waals surface area contributed by atoms with Crippen LogP contribution >= 0.6 is 7.82 Å². The lowest BCUT2D eigenvalue weighted by Crippen LogP contribution is -2.29. The SMILES string of the molecule is CCCCC/C=C/C/C=C/C/C=C/CCCCC(=O)OC[C@H](COP(=O)(O)OCCN)OC(=O)CCCCCCCCCCCCCCCCCCCCCC. The molecule has 0 heterocycles. The summed E-state index contributed by atoms with van der Waals surface area (Å²) in [5.74, 6) is -0.866. The second-order valence-corrected chi connectivity index (χ2v) is 16.7. The number of phosphoric acid groups is 1. The summed E-state index contributed by atoms with van der Waals surface area (Å²) in [5.41, 5.74) is 5.35. The number of allylic oxidation sites excluding steroid dienone is 6. The van der Waals surface area contributed by atoms with Crippen molar-refractivity contribution in [3.63, 3.8) is 0 Å². The molecule has 2 atom stereocenters. The van der Waals surface area contributed by atoms with Crippen molar-refractivity contribution in [2.75, 3.05) is 26.4 Å². The van der Waals surface area contributed by atoms with Crippen LogP contribution in [0, 0.1) is 0 Å². The third-order valence-electron chi connectivity index (χ3n) is 9.78. The highest BCUT2D eigenvalue weighted by molar-refractivity contribution is 7.47. The quantitative estimate of drug-likeness (QED) is 0.0267. The van der Waals surface area contributed by atoms with Crippen molar-refractivity contribution in [3.8, 4) is 0 Å². The van der Waals surface area contributed by atoms with E-state index in [0.717, 1.165) is 44.9 Å². The summed E-state index contributed by atoms with van der Waals surface area (Å²) in [6, 6.07) is 0. The van der Waals surface area contributed by atoms with Gasteiger partial charge in [0.1, 0.15) is 6.61 Å².